The van der Waals surface area contributed by atoms with E-state index < -0.39 is 0 Å². The van der Waals surface area contributed by atoms with Gasteiger partial charge in [0.2, 0.25) is 0 Å². The number of H-pyrrole nitrogens is 1. The quantitative estimate of drug-likeness (QED) is 0.260. The summed E-state index contributed by atoms with van der Waals surface area (Å²) in [6.45, 7) is 2.02. The minimum atomic E-state index is -0.211. The Kier molecular flexibility index (Phi) is 3.42. The molecular weight excluding hydrogens is 320 g/mol. The third-order valence-electron chi connectivity index (χ3n) is 3.75. The first-order chi connectivity index (χ1) is 12.1. The van der Waals surface area contributed by atoms with E-state index in [0.717, 1.165) is 16.5 Å². The van der Waals surface area contributed by atoms with Gasteiger partial charge in [0.05, 0.1) is 6.21 Å². The SMILES string of the molecule is Cc1ccc2[nH]c3nc(N/N=C/c4ccc(O)c(O)c4)nnc3c2c1. The first kappa shape index (κ1) is 14.9. The van der Waals surface area contributed by atoms with Gasteiger partial charge >= 0.3 is 0 Å². The Morgan fingerprint density at radius 2 is 1.96 bits per heavy atom. The summed E-state index contributed by atoms with van der Waals surface area (Å²) in [5.74, 6) is -0.149. The minimum Gasteiger partial charge on any atom is -0.504 e. The van der Waals surface area contributed by atoms with Crippen LogP contribution in [0.2, 0.25) is 0 Å². The molecule has 0 amide bonds. The highest BCUT2D eigenvalue weighted by molar-refractivity contribution is 6.03. The molecule has 2 aromatic carbocycles. The zero-order chi connectivity index (χ0) is 17.4. The molecule has 0 spiro atoms. The Bertz CT molecular complexity index is 1120. The van der Waals surface area contributed by atoms with E-state index in [4.69, 9.17) is 0 Å². The Morgan fingerprint density at radius 1 is 1.08 bits per heavy atom. The highest BCUT2D eigenvalue weighted by atomic mass is 16.3. The van der Waals surface area contributed by atoms with Gasteiger partial charge < -0.3 is 15.2 Å². The third kappa shape index (κ3) is 2.80. The van der Waals surface area contributed by atoms with Gasteiger partial charge in [-0.1, -0.05) is 11.6 Å². The molecule has 0 radical (unpaired) electrons. The van der Waals surface area contributed by atoms with E-state index in [1.165, 1.54) is 18.3 Å². The number of hydrazone groups is 1. The second-order valence-corrected chi connectivity index (χ2v) is 5.62. The molecule has 0 bridgehead atoms. The summed E-state index contributed by atoms with van der Waals surface area (Å²) in [5, 5.41) is 32.0. The number of nitrogens with one attached hydrogen (secondary N) is 2. The minimum absolute atomic E-state index is 0.183. The summed E-state index contributed by atoms with van der Waals surface area (Å²) in [6.07, 6.45) is 1.47. The number of hydrogen-bond acceptors (Lipinski definition) is 7. The van der Waals surface area contributed by atoms with Crippen LogP contribution in [0, 0.1) is 6.92 Å². The van der Waals surface area contributed by atoms with Crippen LogP contribution in [-0.4, -0.2) is 36.6 Å². The van der Waals surface area contributed by atoms with Gasteiger partial charge in [-0.15, -0.1) is 10.2 Å². The lowest BCUT2D eigenvalue weighted by Crippen LogP contribution is -1.99. The van der Waals surface area contributed by atoms with Crippen molar-refractivity contribution in [3.8, 4) is 11.5 Å². The average Bonchev–Trinajstić information content (AvgIpc) is 2.95. The fourth-order valence-corrected chi connectivity index (χ4v) is 2.52. The van der Waals surface area contributed by atoms with Crippen molar-refractivity contribution < 1.29 is 10.2 Å². The predicted molar refractivity (Wildman–Crippen MR) is 94.9 cm³/mol. The summed E-state index contributed by atoms with van der Waals surface area (Å²) >= 11 is 0. The first-order valence-corrected chi connectivity index (χ1v) is 7.54. The van der Waals surface area contributed by atoms with E-state index >= 15 is 0 Å². The van der Waals surface area contributed by atoms with Gasteiger partial charge in [0.25, 0.3) is 5.95 Å². The van der Waals surface area contributed by atoms with Gasteiger partial charge in [-0.2, -0.15) is 10.1 Å². The summed E-state index contributed by atoms with van der Waals surface area (Å²) in [4.78, 5) is 7.56. The van der Waals surface area contributed by atoms with Gasteiger partial charge in [-0.25, -0.2) is 5.43 Å². The summed E-state index contributed by atoms with van der Waals surface area (Å²) < 4.78 is 0. The highest BCUT2D eigenvalue weighted by Crippen LogP contribution is 2.24. The van der Waals surface area contributed by atoms with E-state index in [-0.39, 0.29) is 17.4 Å². The fraction of sp³-hybridized carbons (Fsp3) is 0.0588. The number of aromatic nitrogens is 4. The van der Waals surface area contributed by atoms with E-state index in [1.54, 1.807) is 6.07 Å². The van der Waals surface area contributed by atoms with Crippen molar-refractivity contribution in [3.63, 3.8) is 0 Å². The lowest BCUT2D eigenvalue weighted by atomic mass is 10.2. The van der Waals surface area contributed by atoms with E-state index in [0.29, 0.717) is 16.7 Å². The van der Waals surface area contributed by atoms with Crippen molar-refractivity contribution in [2.24, 2.45) is 5.10 Å². The van der Waals surface area contributed by atoms with E-state index in [1.807, 2.05) is 25.1 Å². The number of nitrogens with zero attached hydrogens (tertiary/aromatic N) is 4. The Labute approximate surface area is 141 Å². The molecule has 0 aliphatic carbocycles. The van der Waals surface area contributed by atoms with Crippen LogP contribution in [0.15, 0.2) is 41.5 Å². The molecule has 8 heteroatoms. The molecule has 2 aromatic heterocycles. The number of aromatic hydroxyl groups is 2. The molecule has 2 heterocycles. The van der Waals surface area contributed by atoms with Gasteiger partial charge in [-0.3, -0.25) is 0 Å². The highest BCUT2D eigenvalue weighted by Gasteiger charge is 2.08. The summed E-state index contributed by atoms with van der Waals surface area (Å²) in [7, 11) is 0. The van der Waals surface area contributed by atoms with Crippen molar-refractivity contribution in [3.05, 3.63) is 47.5 Å². The van der Waals surface area contributed by atoms with Crippen molar-refractivity contribution in [1.29, 1.82) is 0 Å². The normalized spacial score (nSPS) is 11.6. The Morgan fingerprint density at radius 3 is 2.80 bits per heavy atom. The zero-order valence-corrected chi connectivity index (χ0v) is 13.2. The topological polar surface area (TPSA) is 119 Å². The van der Waals surface area contributed by atoms with E-state index in [9.17, 15) is 10.2 Å². The molecule has 0 fully saturated rings. The van der Waals surface area contributed by atoms with Crippen molar-refractivity contribution in [2.45, 2.75) is 6.92 Å². The van der Waals surface area contributed by atoms with Crippen LogP contribution in [-0.2, 0) is 0 Å². The van der Waals surface area contributed by atoms with E-state index in [2.05, 4.69) is 30.7 Å². The molecule has 124 valence electrons. The standard InChI is InChI=1S/C17H14N6O2/c1-9-2-4-12-11(6-9)15-16(19-12)20-17(23-21-15)22-18-8-10-3-5-13(24)14(25)7-10/h2-8,24-25H,1H3,(H2,19,20,22,23)/b18-8+. The molecular formula is C17H14N6O2. The van der Waals surface area contributed by atoms with Crippen LogP contribution in [0.5, 0.6) is 11.5 Å². The zero-order valence-electron chi connectivity index (χ0n) is 13.2. The molecule has 0 aliphatic rings. The van der Waals surface area contributed by atoms with Crippen LogP contribution in [0.25, 0.3) is 22.1 Å². The van der Waals surface area contributed by atoms with Crippen LogP contribution in [0.1, 0.15) is 11.1 Å². The van der Waals surface area contributed by atoms with Gasteiger partial charge in [0, 0.05) is 10.9 Å². The smallest absolute Gasteiger partial charge is 0.265 e. The predicted octanol–water partition coefficient (Wildman–Crippen LogP) is 2.67. The van der Waals surface area contributed by atoms with Gasteiger partial charge in [0.1, 0.15) is 5.52 Å². The average molecular weight is 334 g/mol. The molecule has 0 unspecified atom stereocenters. The second kappa shape index (κ2) is 5.75. The van der Waals surface area contributed by atoms with Crippen LogP contribution < -0.4 is 5.43 Å². The number of aromatic amines is 1. The number of rotatable bonds is 3. The van der Waals surface area contributed by atoms with Crippen LogP contribution in [0.4, 0.5) is 5.95 Å². The lowest BCUT2D eigenvalue weighted by Gasteiger charge is -1.99. The molecule has 4 rings (SSSR count). The van der Waals surface area contributed by atoms with Crippen molar-refractivity contribution in [1.82, 2.24) is 20.2 Å². The maximum atomic E-state index is 9.45. The third-order valence-corrected chi connectivity index (χ3v) is 3.75. The summed E-state index contributed by atoms with van der Waals surface area (Å²) in [6, 6.07) is 10.4. The van der Waals surface area contributed by atoms with Crippen molar-refractivity contribution >= 4 is 34.2 Å². The number of phenols is 2. The second-order valence-electron chi connectivity index (χ2n) is 5.62. The van der Waals surface area contributed by atoms with Crippen molar-refractivity contribution in [2.75, 3.05) is 5.43 Å². The molecule has 8 nitrogen and oxygen atoms in total. The maximum absolute atomic E-state index is 9.45. The molecule has 25 heavy (non-hydrogen) atoms. The number of anilines is 1. The maximum Gasteiger partial charge on any atom is 0.265 e. The lowest BCUT2D eigenvalue weighted by molar-refractivity contribution is 0.403. The molecule has 4 aromatic rings. The number of aryl methyl sites for hydroxylation is 1. The monoisotopic (exact) mass is 334 g/mol. The molecule has 0 atom stereocenters. The molecule has 4 N–H and O–H groups in total. The largest absolute Gasteiger partial charge is 0.504 e. The number of benzene rings is 2. The Hall–Kier alpha value is -3.68. The molecule has 0 saturated heterocycles. The van der Waals surface area contributed by atoms with Gasteiger partial charge in [0.15, 0.2) is 17.1 Å². The molecule has 0 saturated carbocycles. The van der Waals surface area contributed by atoms with Crippen LogP contribution in [0.3, 0.4) is 0 Å². The number of hydrogen-bond donors (Lipinski definition) is 4. The molecule has 0 aliphatic heterocycles. The fourth-order valence-electron chi connectivity index (χ4n) is 2.52. The Balaban J connectivity index is 1.60. The van der Waals surface area contributed by atoms with Gasteiger partial charge in [-0.05, 0) is 42.8 Å². The number of fused-ring (bicyclic) bond motifs is 3. The first-order valence-electron chi connectivity index (χ1n) is 7.54. The van der Waals surface area contributed by atoms with Crippen LogP contribution >= 0.6 is 0 Å². The summed E-state index contributed by atoms with van der Waals surface area (Å²) in [5.41, 5.74) is 6.72. The number of phenolic OH excluding ortho intramolecular Hbond substituents is 2.